The summed E-state index contributed by atoms with van der Waals surface area (Å²) in [4.78, 5) is 4.37. The molecule has 222 valence electrons. The minimum atomic E-state index is 0.176. The van der Waals surface area contributed by atoms with E-state index in [9.17, 15) is 10.2 Å². The highest BCUT2D eigenvalue weighted by atomic mass is 16.3. The van der Waals surface area contributed by atoms with Crippen molar-refractivity contribution in [2.45, 2.75) is 0 Å². The first-order valence-corrected chi connectivity index (χ1v) is 15.2. The number of phenols is 2. The number of anilines is 6. The van der Waals surface area contributed by atoms with Gasteiger partial charge >= 0.3 is 0 Å². The molecule has 0 aliphatic rings. The van der Waals surface area contributed by atoms with Crippen LogP contribution in [0, 0.1) is 0 Å². The highest BCUT2D eigenvalue weighted by molar-refractivity contribution is 6.02. The molecule has 0 aliphatic carbocycles. The zero-order chi connectivity index (χ0) is 31.3. The van der Waals surface area contributed by atoms with E-state index < -0.39 is 0 Å². The molecule has 7 rings (SSSR count). The molecule has 0 amide bonds. The van der Waals surface area contributed by atoms with E-state index in [0.717, 1.165) is 56.4 Å². The maximum Gasteiger partial charge on any atom is 0.117 e. The summed E-state index contributed by atoms with van der Waals surface area (Å²) in [5.74, 6) is 0.355. The summed E-state index contributed by atoms with van der Waals surface area (Å²) in [5, 5.41) is 21.4. The first-order chi connectivity index (χ1) is 22.7. The van der Waals surface area contributed by atoms with Crippen LogP contribution in [0.5, 0.6) is 11.5 Å². The third kappa shape index (κ3) is 5.68. The quantitative estimate of drug-likeness (QED) is 0.183. The number of nitrogens with zero attached hydrogens (tertiary/aromatic N) is 2. The van der Waals surface area contributed by atoms with E-state index in [2.05, 4.69) is 101 Å². The predicted octanol–water partition coefficient (Wildman–Crippen LogP) is 11.4. The largest absolute Gasteiger partial charge is 0.508 e. The van der Waals surface area contributed by atoms with E-state index in [4.69, 9.17) is 0 Å². The Morgan fingerprint density at radius 2 is 0.761 bits per heavy atom. The smallest absolute Gasteiger partial charge is 0.117 e. The first-order valence-electron chi connectivity index (χ1n) is 15.2. The molecule has 0 aliphatic heterocycles. The molecule has 0 unspecified atom stereocenters. The average Bonchev–Trinajstić information content (AvgIpc) is 3.10. The van der Waals surface area contributed by atoms with Crippen molar-refractivity contribution in [1.29, 1.82) is 0 Å². The molecule has 7 aromatic carbocycles. The van der Waals surface area contributed by atoms with Crippen LogP contribution in [0.4, 0.5) is 34.1 Å². The van der Waals surface area contributed by atoms with E-state index in [1.807, 2.05) is 66.7 Å². The Kier molecular flexibility index (Phi) is 7.91. The highest BCUT2D eigenvalue weighted by Crippen LogP contribution is 2.51. The van der Waals surface area contributed by atoms with Gasteiger partial charge in [-0.1, -0.05) is 115 Å². The number of para-hydroxylation sites is 3. The summed E-state index contributed by atoms with van der Waals surface area (Å²) >= 11 is 0. The number of hydrogen-bond acceptors (Lipinski definition) is 4. The lowest BCUT2D eigenvalue weighted by Gasteiger charge is -2.35. The van der Waals surface area contributed by atoms with Crippen molar-refractivity contribution in [2.75, 3.05) is 9.80 Å². The fourth-order valence-corrected chi connectivity index (χ4v) is 6.00. The molecule has 0 radical (unpaired) electrons. The summed E-state index contributed by atoms with van der Waals surface area (Å²) in [6.45, 7) is 0. The SMILES string of the molecule is Oc1cccc(N(c2ccccc2)c2cccc(-c3ccccc3-c3ccccc3)c2N(c2ccccc2)c2cccc(O)c2)c1. The highest BCUT2D eigenvalue weighted by Gasteiger charge is 2.26. The summed E-state index contributed by atoms with van der Waals surface area (Å²) in [5.41, 5.74) is 9.58. The van der Waals surface area contributed by atoms with E-state index in [-0.39, 0.29) is 11.5 Å². The minimum absolute atomic E-state index is 0.176. The third-order valence-electron chi connectivity index (χ3n) is 7.99. The van der Waals surface area contributed by atoms with Gasteiger partial charge in [-0.2, -0.15) is 0 Å². The molecule has 0 heterocycles. The fraction of sp³-hybridized carbons (Fsp3) is 0. The Labute approximate surface area is 269 Å². The molecule has 2 N–H and O–H groups in total. The zero-order valence-electron chi connectivity index (χ0n) is 25.1. The van der Waals surface area contributed by atoms with Crippen LogP contribution in [-0.2, 0) is 0 Å². The van der Waals surface area contributed by atoms with Crippen molar-refractivity contribution in [3.05, 3.63) is 182 Å². The van der Waals surface area contributed by atoms with Crippen molar-refractivity contribution in [3.63, 3.8) is 0 Å². The van der Waals surface area contributed by atoms with Crippen LogP contribution in [0.1, 0.15) is 0 Å². The third-order valence-corrected chi connectivity index (χ3v) is 7.99. The number of hydrogen-bond donors (Lipinski definition) is 2. The Bertz CT molecular complexity index is 2080. The van der Waals surface area contributed by atoms with Gasteiger partial charge in [-0.25, -0.2) is 0 Å². The molecule has 0 atom stereocenters. The summed E-state index contributed by atoms with van der Waals surface area (Å²) < 4.78 is 0. The van der Waals surface area contributed by atoms with Gasteiger partial charge in [0.25, 0.3) is 0 Å². The summed E-state index contributed by atoms with van der Waals surface area (Å²) in [6.07, 6.45) is 0. The molecular weight excluding hydrogens is 564 g/mol. The fourth-order valence-electron chi connectivity index (χ4n) is 6.00. The van der Waals surface area contributed by atoms with Gasteiger partial charge in [-0.05, 0) is 71.3 Å². The first kappa shape index (κ1) is 28.5. The van der Waals surface area contributed by atoms with E-state index in [0.29, 0.717) is 0 Å². The van der Waals surface area contributed by atoms with Crippen LogP contribution in [0.2, 0.25) is 0 Å². The molecule has 0 aromatic heterocycles. The average molecular weight is 597 g/mol. The zero-order valence-corrected chi connectivity index (χ0v) is 25.1. The second kappa shape index (κ2) is 12.8. The van der Waals surface area contributed by atoms with Crippen LogP contribution in [0.3, 0.4) is 0 Å². The second-order valence-electron chi connectivity index (χ2n) is 11.0. The molecule has 0 saturated heterocycles. The van der Waals surface area contributed by atoms with Crippen molar-refractivity contribution < 1.29 is 10.2 Å². The number of phenolic OH excluding ortho intramolecular Hbond substituents is 2. The number of rotatable bonds is 8. The van der Waals surface area contributed by atoms with Crippen LogP contribution in [-0.4, -0.2) is 10.2 Å². The molecule has 4 nitrogen and oxygen atoms in total. The number of benzene rings is 7. The topological polar surface area (TPSA) is 46.9 Å². The van der Waals surface area contributed by atoms with Gasteiger partial charge in [0.2, 0.25) is 0 Å². The van der Waals surface area contributed by atoms with Crippen LogP contribution >= 0.6 is 0 Å². The Hall–Kier alpha value is -6.26. The van der Waals surface area contributed by atoms with E-state index >= 15 is 0 Å². The van der Waals surface area contributed by atoms with E-state index in [1.54, 1.807) is 24.3 Å². The van der Waals surface area contributed by atoms with Gasteiger partial charge < -0.3 is 20.0 Å². The molecule has 0 saturated carbocycles. The lowest BCUT2D eigenvalue weighted by Crippen LogP contribution is -2.18. The van der Waals surface area contributed by atoms with Crippen LogP contribution < -0.4 is 9.80 Å². The monoisotopic (exact) mass is 596 g/mol. The maximum absolute atomic E-state index is 10.7. The van der Waals surface area contributed by atoms with Gasteiger partial charge in [0, 0.05) is 40.4 Å². The van der Waals surface area contributed by atoms with E-state index in [1.165, 1.54) is 0 Å². The van der Waals surface area contributed by atoms with Gasteiger partial charge in [0.1, 0.15) is 11.5 Å². The molecular formula is C42H32N2O2. The molecule has 46 heavy (non-hydrogen) atoms. The van der Waals surface area contributed by atoms with Gasteiger partial charge in [-0.3, -0.25) is 0 Å². The molecule has 0 bridgehead atoms. The van der Waals surface area contributed by atoms with Gasteiger partial charge in [0.05, 0.1) is 11.4 Å². The lowest BCUT2D eigenvalue weighted by molar-refractivity contribution is 0.475. The summed E-state index contributed by atoms with van der Waals surface area (Å²) in [7, 11) is 0. The minimum Gasteiger partial charge on any atom is -0.508 e. The maximum atomic E-state index is 10.7. The van der Waals surface area contributed by atoms with Crippen molar-refractivity contribution in [2.24, 2.45) is 0 Å². The Morgan fingerprint density at radius 3 is 1.35 bits per heavy atom. The van der Waals surface area contributed by atoms with Crippen LogP contribution in [0.25, 0.3) is 22.3 Å². The second-order valence-corrected chi connectivity index (χ2v) is 11.0. The predicted molar refractivity (Wildman–Crippen MR) is 190 cm³/mol. The Morgan fingerprint density at radius 1 is 0.326 bits per heavy atom. The normalized spacial score (nSPS) is 10.8. The van der Waals surface area contributed by atoms with Crippen molar-refractivity contribution in [1.82, 2.24) is 0 Å². The Balaban J connectivity index is 1.60. The number of aromatic hydroxyl groups is 2. The van der Waals surface area contributed by atoms with Gasteiger partial charge in [-0.15, -0.1) is 0 Å². The van der Waals surface area contributed by atoms with Crippen LogP contribution in [0.15, 0.2) is 182 Å². The molecule has 4 heteroatoms. The lowest BCUT2D eigenvalue weighted by atomic mass is 9.92. The molecule has 7 aromatic rings. The standard InChI is InChI=1S/C42H32N2O2/c45-36-23-12-21-34(29-36)43(32-17-6-2-7-18-32)41-28-14-27-40(39-26-11-10-25-38(39)31-15-4-1-5-16-31)42(41)44(33-19-8-3-9-20-33)35-22-13-24-37(46)30-35/h1-30,45-46H. The van der Waals surface area contributed by atoms with Gasteiger partial charge in [0.15, 0.2) is 0 Å². The van der Waals surface area contributed by atoms with Crippen molar-refractivity contribution in [3.8, 4) is 33.8 Å². The van der Waals surface area contributed by atoms with Crippen molar-refractivity contribution >= 4 is 34.1 Å². The molecule has 0 fully saturated rings. The molecule has 0 spiro atoms. The summed E-state index contributed by atoms with van der Waals surface area (Å²) in [6, 6.07) is 60.3.